The first kappa shape index (κ1) is 79.3. The Hall–Kier alpha value is -1.66. The lowest BCUT2D eigenvalue weighted by molar-refractivity contribution is -0.143. The van der Waals surface area contributed by atoms with E-state index in [1.165, 1.54) is 334 Å². The van der Waals surface area contributed by atoms with E-state index in [0.717, 1.165) is 51.4 Å². The first-order chi connectivity index (χ1) is 40.0. The topological polar surface area (TPSA) is 95.9 Å². The van der Waals surface area contributed by atoms with Crippen LogP contribution in [-0.2, 0) is 14.3 Å². The zero-order valence-corrected chi connectivity index (χ0v) is 55.0. The second-order valence-corrected chi connectivity index (χ2v) is 25.6. The van der Waals surface area contributed by atoms with Gasteiger partial charge in [-0.1, -0.05) is 372 Å². The molecule has 1 amide bonds. The van der Waals surface area contributed by atoms with Crippen LogP contribution < -0.4 is 5.32 Å². The third-order valence-electron chi connectivity index (χ3n) is 17.5. The summed E-state index contributed by atoms with van der Waals surface area (Å²) in [7, 11) is 0. The van der Waals surface area contributed by atoms with Crippen LogP contribution in [0, 0.1) is 0 Å². The van der Waals surface area contributed by atoms with E-state index in [2.05, 4.69) is 43.5 Å². The predicted octanol–water partition coefficient (Wildman–Crippen LogP) is 24.1. The number of carbonyl (C=O) groups excluding carboxylic acids is 2. The van der Waals surface area contributed by atoms with Crippen molar-refractivity contribution in [2.45, 2.75) is 431 Å². The smallest absolute Gasteiger partial charge is 0.305 e. The summed E-state index contributed by atoms with van der Waals surface area (Å²) in [5, 5.41) is 23.5. The maximum atomic E-state index is 12.6. The highest BCUT2D eigenvalue weighted by atomic mass is 16.5. The van der Waals surface area contributed by atoms with Gasteiger partial charge in [-0.15, -0.1) is 0 Å². The average molecular weight is 1140 g/mol. The number of amides is 1. The lowest BCUT2D eigenvalue weighted by Gasteiger charge is -2.22. The van der Waals surface area contributed by atoms with Gasteiger partial charge in [0, 0.05) is 12.8 Å². The second kappa shape index (κ2) is 70.8. The van der Waals surface area contributed by atoms with Crippen molar-refractivity contribution in [3.63, 3.8) is 0 Å². The number of aliphatic hydroxyl groups is 2. The van der Waals surface area contributed by atoms with Gasteiger partial charge in [0.2, 0.25) is 5.91 Å². The fourth-order valence-corrected chi connectivity index (χ4v) is 11.9. The van der Waals surface area contributed by atoms with Crippen molar-refractivity contribution in [1.82, 2.24) is 5.32 Å². The molecule has 2 unspecified atom stereocenters. The molecule has 0 aromatic carbocycles. The molecular weight excluding hydrogens is 995 g/mol. The Kier molecular flexibility index (Phi) is 69.4. The van der Waals surface area contributed by atoms with E-state index in [1.807, 2.05) is 0 Å². The van der Waals surface area contributed by atoms with E-state index in [-0.39, 0.29) is 18.5 Å². The molecule has 0 aromatic rings. The molecular formula is C75H145NO5. The normalized spacial score (nSPS) is 12.6. The summed E-state index contributed by atoms with van der Waals surface area (Å²) in [6, 6.07) is -0.542. The highest BCUT2D eigenvalue weighted by Gasteiger charge is 2.20. The average Bonchev–Trinajstić information content (AvgIpc) is 3.47. The molecule has 0 radical (unpaired) electrons. The molecule has 0 fully saturated rings. The highest BCUT2D eigenvalue weighted by molar-refractivity contribution is 5.76. The van der Waals surface area contributed by atoms with Crippen LogP contribution in [0.5, 0.6) is 0 Å². The first-order valence-corrected chi connectivity index (χ1v) is 37.1. The Bertz CT molecular complexity index is 1270. The molecule has 0 saturated heterocycles. The van der Waals surface area contributed by atoms with E-state index < -0.39 is 12.1 Å². The number of esters is 1. The molecule has 0 aliphatic rings. The number of aliphatic hydroxyl groups excluding tert-OH is 2. The largest absolute Gasteiger partial charge is 0.466 e. The molecule has 6 heteroatoms. The fourth-order valence-electron chi connectivity index (χ4n) is 11.9. The van der Waals surface area contributed by atoms with Crippen LogP contribution in [0.3, 0.4) is 0 Å². The zero-order chi connectivity index (χ0) is 58.5. The van der Waals surface area contributed by atoms with Gasteiger partial charge in [0.1, 0.15) is 0 Å². The van der Waals surface area contributed by atoms with Gasteiger partial charge in [-0.25, -0.2) is 0 Å². The minimum Gasteiger partial charge on any atom is -0.466 e. The number of hydrogen-bond acceptors (Lipinski definition) is 5. The van der Waals surface area contributed by atoms with Crippen molar-refractivity contribution in [3.8, 4) is 0 Å². The number of rotatable bonds is 70. The van der Waals surface area contributed by atoms with Crippen LogP contribution in [-0.4, -0.2) is 47.4 Å². The number of nitrogens with one attached hydrogen (secondary N) is 1. The van der Waals surface area contributed by atoms with Gasteiger partial charge < -0.3 is 20.3 Å². The predicted molar refractivity (Wildman–Crippen MR) is 356 cm³/mol. The summed E-state index contributed by atoms with van der Waals surface area (Å²) in [5.41, 5.74) is 0. The Morgan fingerprint density at radius 3 is 0.951 bits per heavy atom. The Morgan fingerprint density at radius 1 is 0.346 bits per heavy atom. The van der Waals surface area contributed by atoms with Gasteiger partial charge in [0.25, 0.3) is 0 Å². The Morgan fingerprint density at radius 2 is 0.617 bits per heavy atom. The summed E-state index contributed by atoms with van der Waals surface area (Å²) in [6.45, 7) is 4.97. The van der Waals surface area contributed by atoms with Gasteiger partial charge in [0.05, 0.1) is 25.4 Å². The van der Waals surface area contributed by atoms with Crippen molar-refractivity contribution in [2.75, 3.05) is 13.2 Å². The van der Waals surface area contributed by atoms with Gasteiger partial charge in [0.15, 0.2) is 0 Å². The van der Waals surface area contributed by atoms with Crippen molar-refractivity contribution in [3.05, 3.63) is 24.3 Å². The monoisotopic (exact) mass is 1140 g/mol. The van der Waals surface area contributed by atoms with E-state index in [9.17, 15) is 19.8 Å². The van der Waals surface area contributed by atoms with Crippen LogP contribution in [0.1, 0.15) is 418 Å². The number of ether oxygens (including phenoxy) is 1. The number of carbonyl (C=O) groups is 2. The molecule has 0 aromatic heterocycles. The summed E-state index contributed by atoms with van der Waals surface area (Å²) < 4.78 is 5.49. The lowest BCUT2D eigenvalue weighted by Crippen LogP contribution is -2.45. The third-order valence-corrected chi connectivity index (χ3v) is 17.5. The Labute approximate surface area is 507 Å². The first-order valence-electron chi connectivity index (χ1n) is 37.1. The molecule has 0 heterocycles. The van der Waals surface area contributed by atoms with Crippen molar-refractivity contribution < 1.29 is 24.5 Å². The molecule has 6 nitrogen and oxygen atoms in total. The van der Waals surface area contributed by atoms with Crippen LogP contribution >= 0.6 is 0 Å². The van der Waals surface area contributed by atoms with Gasteiger partial charge in [-0.05, 0) is 57.8 Å². The SMILES string of the molecule is CCCCCC/C=C\C/C=C\CCCCCCCC(=O)OCCCCCCCCCCCCCCCCCCCCCCCCCCC(=O)NC(CO)C(O)CCCCCCCCCCCCCCCCCCCCCCCCCC. The lowest BCUT2D eigenvalue weighted by atomic mass is 10.0. The summed E-state index contributed by atoms with van der Waals surface area (Å²) in [5.74, 6) is -0.0257. The van der Waals surface area contributed by atoms with E-state index in [0.29, 0.717) is 25.9 Å². The fraction of sp³-hybridized carbons (Fsp3) is 0.920. The molecule has 2 atom stereocenters. The highest BCUT2D eigenvalue weighted by Crippen LogP contribution is 2.20. The molecule has 0 aliphatic carbocycles. The summed E-state index contributed by atoms with van der Waals surface area (Å²) >= 11 is 0. The number of allylic oxidation sites excluding steroid dienone is 4. The van der Waals surface area contributed by atoms with Gasteiger partial charge >= 0.3 is 5.97 Å². The molecule has 0 bridgehead atoms. The molecule has 0 spiro atoms. The molecule has 480 valence electrons. The zero-order valence-electron chi connectivity index (χ0n) is 55.0. The van der Waals surface area contributed by atoms with Gasteiger partial charge in [-0.3, -0.25) is 9.59 Å². The number of hydrogen-bond donors (Lipinski definition) is 3. The van der Waals surface area contributed by atoms with Crippen LogP contribution in [0.25, 0.3) is 0 Å². The quantitative estimate of drug-likeness (QED) is 0.0320. The molecule has 0 rings (SSSR count). The standard InChI is InChI=1S/C75H145NO5/c1-3-5-7-9-11-13-15-17-19-21-22-23-24-27-30-33-36-39-43-47-51-55-59-63-67-73(78)72(71-77)76-74(79)68-64-60-56-52-48-44-40-37-34-31-28-25-26-29-32-35-38-42-46-50-54-58-62-66-70-81-75(80)69-65-61-57-53-49-45-41-20-18-16-14-12-10-8-6-4-2/h14,16,20,41,72-73,77-78H,3-13,15,17-19,21-40,42-71H2,1-2H3,(H,76,79)/b16-14-,41-20-. The van der Waals surface area contributed by atoms with Gasteiger partial charge in [-0.2, -0.15) is 0 Å². The molecule has 3 N–H and O–H groups in total. The summed E-state index contributed by atoms with van der Waals surface area (Å²) in [4.78, 5) is 24.7. The van der Waals surface area contributed by atoms with Crippen LogP contribution in [0.15, 0.2) is 24.3 Å². The number of unbranched alkanes of at least 4 members (excludes halogenated alkanes) is 55. The maximum Gasteiger partial charge on any atom is 0.305 e. The van der Waals surface area contributed by atoms with E-state index in [1.54, 1.807) is 0 Å². The summed E-state index contributed by atoms with van der Waals surface area (Å²) in [6.07, 6.45) is 89.5. The minimum absolute atomic E-state index is 0.00309. The minimum atomic E-state index is -0.665. The second-order valence-electron chi connectivity index (χ2n) is 25.6. The van der Waals surface area contributed by atoms with Crippen LogP contribution in [0.4, 0.5) is 0 Å². The van der Waals surface area contributed by atoms with E-state index in [4.69, 9.17) is 4.74 Å². The molecule has 81 heavy (non-hydrogen) atoms. The van der Waals surface area contributed by atoms with Crippen LogP contribution in [0.2, 0.25) is 0 Å². The van der Waals surface area contributed by atoms with E-state index >= 15 is 0 Å². The van der Waals surface area contributed by atoms with Crippen molar-refractivity contribution in [1.29, 1.82) is 0 Å². The van der Waals surface area contributed by atoms with Crippen molar-refractivity contribution in [2.24, 2.45) is 0 Å². The van der Waals surface area contributed by atoms with Crippen molar-refractivity contribution >= 4 is 11.9 Å². The third kappa shape index (κ3) is 67.3. The Balaban J connectivity index is 3.37. The molecule has 0 aliphatic heterocycles. The maximum absolute atomic E-state index is 12.6. The molecule has 0 saturated carbocycles.